The van der Waals surface area contributed by atoms with Gasteiger partial charge in [-0.3, -0.25) is 4.79 Å². The van der Waals surface area contributed by atoms with Crippen molar-refractivity contribution in [2.75, 3.05) is 12.4 Å². The number of hydrogen-bond acceptors (Lipinski definition) is 4. The average Bonchev–Trinajstić information content (AvgIpc) is 2.39. The summed E-state index contributed by atoms with van der Waals surface area (Å²) >= 11 is 1.99. The Morgan fingerprint density at radius 1 is 1.44 bits per heavy atom. The summed E-state index contributed by atoms with van der Waals surface area (Å²) in [4.78, 5) is 11.4. The summed E-state index contributed by atoms with van der Waals surface area (Å²) in [7, 11) is 0. The highest BCUT2D eigenvalue weighted by atomic mass is 32.2. The molecule has 3 unspecified atom stereocenters. The Bertz CT molecular complexity index is 248. The molecule has 0 saturated heterocycles. The van der Waals surface area contributed by atoms with Gasteiger partial charge >= 0.3 is 5.97 Å². The van der Waals surface area contributed by atoms with Crippen molar-refractivity contribution in [1.82, 2.24) is 0 Å². The van der Waals surface area contributed by atoms with Gasteiger partial charge in [0.05, 0.1) is 6.61 Å². The first-order chi connectivity index (χ1) is 8.67. The van der Waals surface area contributed by atoms with E-state index in [0.717, 1.165) is 23.3 Å². The third kappa shape index (κ3) is 5.61. The smallest absolute Gasteiger partial charge is 0.322 e. The van der Waals surface area contributed by atoms with E-state index >= 15 is 0 Å². The molecular formula is C14H27NO2S. The van der Waals surface area contributed by atoms with E-state index in [2.05, 4.69) is 6.92 Å². The highest BCUT2D eigenvalue weighted by Gasteiger charge is 2.21. The van der Waals surface area contributed by atoms with E-state index < -0.39 is 6.04 Å². The van der Waals surface area contributed by atoms with E-state index in [0.29, 0.717) is 6.61 Å². The van der Waals surface area contributed by atoms with Gasteiger partial charge in [0.1, 0.15) is 6.04 Å². The standard InChI is InChI=1S/C14H27NO2S/c1-3-11-6-5-7-12(10-11)18-9-8-13(15)14(16)17-4-2/h11-13H,3-10,15H2,1-2H3. The van der Waals surface area contributed by atoms with Gasteiger partial charge in [0.15, 0.2) is 0 Å². The van der Waals surface area contributed by atoms with Crippen LogP contribution in [0.2, 0.25) is 0 Å². The number of carbonyl (C=O) groups excluding carboxylic acids is 1. The minimum atomic E-state index is -0.442. The lowest BCUT2D eigenvalue weighted by molar-refractivity contribution is -0.144. The van der Waals surface area contributed by atoms with E-state index in [9.17, 15) is 4.79 Å². The fourth-order valence-electron chi connectivity index (χ4n) is 2.49. The number of hydrogen-bond donors (Lipinski definition) is 1. The number of ether oxygens (including phenoxy) is 1. The molecular weight excluding hydrogens is 246 g/mol. The van der Waals surface area contributed by atoms with Gasteiger partial charge in [-0.2, -0.15) is 11.8 Å². The number of esters is 1. The summed E-state index contributed by atoms with van der Waals surface area (Å²) in [5.41, 5.74) is 5.78. The number of rotatable bonds is 7. The molecule has 2 N–H and O–H groups in total. The lowest BCUT2D eigenvalue weighted by Crippen LogP contribution is -2.33. The van der Waals surface area contributed by atoms with Crippen LogP contribution in [0.25, 0.3) is 0 Å². The van der Waals surface area contributed by atoms with Gasteiger partial charge < -0.3 is 10.5 Å². The molecule has 0 heterocycles. The molecule has 0 aromatic heterocycles. The van der Waals surface area contributed by atoms with Gasteiger partial charge in [-0.25, -0.2) is 0 Å². The molecule has 0 amide bonds. The predicted octanol–water partition coefficient (Wildman–Crippen LogP) is 2.97. The first-order valence-electron chi connectivity index (χ1n) is 7.21. The van der Waals surface area contributed by atoms with Crippen LogP contribution in [0.4, 0.5) is 0 Å². The van der Waals surface area contributed by atoms with Gasteiger partial charge in [0.2, 0.25) is 0 Å². The van der Waals surface area contributed by atoms with E-state index in [-0.39, 0.29) is 5.97 Å². The van der Waals surface area contributed by atoms with Crippen molar-refractivity contribution in [1.29, 1.82) is 0 Å². The number of carbonyl (C=O) groups is 1. The van der Waals surface area contributed by atoms with Crippen molar-refractivity contribution in [3.63, 3.8) is 0 Å². The Labute approximate surface area is 115 Å². The normalized spacial score (nSPS) is 25.7. The quantitative estimate of drug-likeness (QED) is 0.725. The summed E-state index contributed by atoms with van der Waals surface area (Å²) in [6.07, 6.45) is 7.47. The maximum atomic E-state index is 11.4. The third-order valence-corrected chi connectivity index (χ3v) is 5.05. The van der Waals surface area contributed by atoms with Gasteiger partial charge in [-0.15, -0.1) is 0 Å². The SMILES string of the molecule is CCOC(=O)C(N)CCSC1CCCC(CC)C1. The summed E-state index contributed by atoms with van der Waals surface area (Å²) in [5.74, 6) is 1.63. The van der Waals surface area contributed by atoms with Crippen molar-refractivity contribution in [2.24, 2.45) is 11.7 Å². The van der Waals surface area contributed by atoms with Gasteiger partial charge in [0, 0.05) is 5.25 Å². The Kier molecular flexibility index (Phi) is 7.75. The number of nitrogens with two attached hydrogens (primary N) is 1. The third-order valence-electron chi connectivity index (χ3n) is 3.68. The molecule has 1 aliphatic carbocycles. The predicted molar refractivity (Wildman–Crippen MR) is 77.7 cm³/mol. The molecule has 4 heteroatoms. The Morgan fingerprint density at radius 2 is 2.22 bits per heavy atom. The van der Waals surface area contributed by atoms with Crippen LogP contribution in [0.3, 0.4) is 0 Å². The van der Waals surface area contributed by atoms with Crippen molar-refractivity contribution < 1.29 is 9.53 Å². The van der Waals surface area contributed by atoms with E-state index in [4.69, 9.17) is 10.5 Å². The number of thioether (sulfide) groups is 1. The monoisotopic (exact) mass is 273 g/mol. The van der Waals surface area contributed by atoms with Crippen LogP contribution in [0.1, 0.15) is 52.4 Å². The maximum Gasteiger partial charge on any atom is 0.322 e. The molecule has 0 spiro atoms. The Hall–Kier alpha value is -0.220. The first kappa shape index (κ1) is 15.8. The van der Waals surface area contributed by atoms with Crippen LogP contribution in [-0.2, 0) is 9.53 Å². The molecule has 0 aromatic rings. The molecule has 3 atom stereocenters. The highest BCUT2D eigenvalue weighted by Crippen LogP contribution is 2.33. The molecule has 0 aliphatic heterocycles. The molecule has 3 nitrogen and oxygen atoms in total. The topological polar surface area (TPSA) is 52.3 Å². The van der Waals surface area contributed by atoms with E-state index in [1.165, 1.54) is 32.1 Å². The van der Waals surface area contributed by atoms with Crippen molar-refractivity contribution in [2.45, 2.75) is 63.7 Å². The van der Waals surface area contributed by atoms with Gasteiger partial charge in [-0.05, 0) is 37.9 Å². The van der Waals surface area contributed by atoms with Crippen molar-refractivity contribution in [3.05, 3.63) is 0 Å². The molecule has 0 radical (unpaired) electrons. The minimum Gasteiger partial charge on any atom is -0.465 e. The van der Waals surface area contributed by atoms with Crippen LogP contribution in [0.5, 0.6) is 0 Å². The zero-order valence-corrected chi connectivity index (χ0v) is 12.5. The molecule has 106 valence electrons. The summed E-state index contributed by atoms with van der Waals surface area (Å²) in [6, 6.07) is -0.442. The molecule has 1 fully saturated rings. The van der Waals surface area contributed by atoms with Crippen LogP contribution in [0.15, 0.2) is 0 Å². The van der Waals surface area contributed by atoms with Gasteiger partial charge in [-0.1, -0.05) is 26.2 Å². The van der Waals surface area contributed by atoms with E-state index in [1.807, 2.05) is 18.7 Å². The van der Waals surface area contributed by atoms with Crippen LogP contribution in [0, 0.1) is 5.92 Å². The average molecular weight is 273 g/mol. The first-order valence-corrected chi connectivity index (χ1v) is 8.26. The minimum absolute atomic E-state index is 0.256. The maximum absolute atomic E-state index is 11.4. The Morgan fingerprint density at radius 3 is 2.89 bits per heavy atom. The van der Waals surface area contributed by atoms with Crippen LogP contribution in [-0.4, -0.2) is 29.6 Å². The largest absolute Gasteiger partial charge is 0.465 e. The molecule has 1 saturated carbocycles. The second kappa shape index (κ2) is 8.81. The summed E-state index contributed by atoms with van der Waals surface area (Å²) < 4.78 is 4.91. The fourth-order valence-corrected chi connectivity index (χ4v) is 3.96. The molecule has 1 aliphatic rings. The lowest BCUT2D eigenvalue weighted by atomic mass is 9.87. The molecule has 1 rings (SSSR count). The van der Waals surface area contributed by atoms with Gasteiger partial charge in [0.25, 0.3) is 0 Å². The van der Waals surface area contributed by atoms with Crippen molar-refractivity contribution >= 4 is 17.7 Å². The zero-order chi connectivity index (χ0) is 13.4. The summed E-state index contributed by atoms with van der Waals surface area (Å²) in [5, 5.41) is 0.776. The second-order valence-electron chi connectivity index (χ2n) is 5.08. The molecule has 0 bridgehead atoms. The van der Waals surface area contributed by atoms with Crippen LogP contribution < -0.4 is 5.73 Å². The zero-order valence-electron chi connectivity index (χ0n) is 11.7. The second-order valence-corrected chi connectivity index (χ2v) is 6.49. The molecule has 0 aromatic carbocycles. The fraction of sp³-hybridized carbons (Fsp3) is 0.929. The lowest BCUT2D eigenvalue weighted by Gasteiger charge is -2.28. The Balaban J connectivity index is 2.15. The van der Waals surface area contributed by atoms with E-state index in [1.54, 1.807) is 0 Å². The molecule has 18 heavy (non-hydrogen) atoms. The van der Waals surface area contributed by atoms with Crippen molar-refractivity contribution in [3.8, 4) is 0 Å². The van der Waals surface area contributed by atoms with Crippen LogP contribution >= 0.6 is 11.8 Å². The summed E-state index contributed by atoms with van der Waals surface area (Å²) in [6.45, 7) is 4.52. The highest BCUT2D eigenvalue weighted by molar-refractivity contribution is 7.99.